The number of nitrogen functional groups attached to an aromatic ring is 1. The first-order valence-corrected chi connectivity index (χ1v) is 6.34. The maximum absolute atomic E-state index is 11.9. The van der Waals surface area contributed by atoms with Gasteiger partial charge in [0.05, 0.1) is 5.52 Å². The molecule has 0 aliphatic heterocycles. The molecule has 0 bridgehead atoms. The van der Waals surface area contributed by atoms with Gasteiger partial charge in [-0.15, -0.1) is 0 Å². The van der Waals surface area contributed by atoms with Crippen LogP contribution in [-0.4, -0.2) is 44.7 Å². The molecule has 7 heteroatoms. The van der Waals surface area contributed by atoms with Gasteiger partial charge >= 0.3 is 0 Å². The molecule has 106 valence electrons. The SMILES string of the molecule is CN(C)C(=O)c1ccn(-c2ncnc3ccc(N)cc23)n1. The Morgan fingerprint density at radius 2 is 2.05 bits per heavy atom. The molecule has 1 aromatic carbocycles. The van der Waals surface area contributed by atoms with E-state index in [1.54, 1.807) is 43.2 Å². The average Bonchev–Trinajstić information content (AvgIpc) is 2.95. The van der Waals surface area contributed by atoms with E-state index in [2.05, 4.69) is 15.1 Å². The second-order valence-corrected chi connectivity index (χ2v) is 4.82. The second-order valence-electron chi connectivity index (χ2n) is 4.82. The van der Waals surface area contributed by atoms with E-state index in [1.165, 1.54) is 11.2 Å². The maximum Gasteiger partial charge on any atom is 0.273 e. The molecule has 2 N–H and O–H groups in total. The lowest BCUT2D eigenvalue weighted by atomic mass is 10.2. The van der Waals surface area contributed by atoms with Crippen molar-refractivity contribution in [1.82, 2.24) is 24.6 Å². The van der Waals surface area contributed by atoms with Crippen LogP contribution in [0, 0.1) is 0 Å². The van der Waals surface area contributed by atoms with Crippen LogP contribution in [-0.2, 0) is 0 Å². The van der Waals surface area contributed by atoms with E-state index in [1.807, 2.05) is 6.07 Å². The van der Waals surface area contributed by atoms with Crippen molar-refractivity contribution in [3.63, 3.8) is 0 Å². The Hall–Kier alpha value is -2.96. The average molecular weight is 282 g/mol. The molecule has 3 rings (SSSR count). The number of rotatable bonds is 2. The highest BCUT2D eigenvalue weighted by Gasteiger charge is 2.14. The van der Waals surface area contributed by atoms with Crippen LogP contribution in [0.25, 0.3) is 16.7 Å². The van der Waals surface area contributed by atoms with Gasteiger partial charge in [-0.05, 0) is 24.3 Å². The van der Waals surface area contributed by atoms with Crippen molar-refractivity contribution in [2.75, 3.05) is 19.8 Å². The summed E-state index contributed by atoms with van der Waals surface area (Å²) in [6, 6.07) is 7.05. The van der Waals surface area contributed by atoms with Crippen molar-refractivity contribution in [3.8, 4) is 5.82 Å². The van der Waals surface area contributed by atoms with E-state index >= 15 is 0 Å². The minimum absolute atomic E-state index is 0.161. The van der Waals surface area contributed by atoms with Crippen molar-refractivity contribution in [2.45, 2.75) is 0 Å². The molecule has 0 radical (unpaired) electrons. The molecule has 3 aromatic rings. The standard InChI is InChI=1S/C14H14N6O/c1-19(2)14(21)12-5-6-20(18-12)13-10-7-9(15)3-4-11(10)16-8-17-13/h3-8H,15H2,1-2H3. The van der Waals surface area contributed by atoms with Gasteiger partial charge in [-0.25, -0.2) is 14.6 Å². The number of nitrogens with two attached hydrogens (primary N) is 1. The summed E-state index contributed by atoms with van der Waals surface area (Å²) in [6.45, 7) is 0. The van der Waals surface area contributed by atoms with E-state index in [-0.39, 0.29) is 5.91 Å². The van der Waals surface area contributed by atoms with Gasteiger partial charge in [0.15, 0.2) is 11.5 Å². The number of nitrogens with zero attached hydrogens (tertiary/aromatic N) is 5. The molecule has 0 aliphatic rings. The van der Waals surface area contributed by atoms with Crippen LogP contribution in [0.3, 0.4) is 0 Å². The van der Waals surface area contributed by atoms with Crippen molar-refractivity contribution < 1.29 is 4.79 Å². The molecule has 2 heterocycles. The first kappa shape index (κ1) is 13.0. The van der Waals surface area contributed by atoms with Gasteiger partial charge in [0.25, 0.3) is 5.91 Å². The quantitative estimate of drug-likeness (QED) is 0.711. The highest BCUT2D eigenvalue weighted by atomic mass is 16.2. The van der Waals surface area contributed by atoms with E-state index < -0.39 is 0 Å². The molecule has 0 spiro atoms. The van der Waals surface area contributed by atoms with Crippen LogP contribution >= 0.6 is 0 Å². The fourth-order valence-corrected chi connectivity index (χ4v) is 2.03. The topological polar surface area (TPSA) is 89.9 Å². The Morgan fingerprint density at radius 1 is 1.24 bits per heavy atom. The zero-order chi connectivity index (χ0) is 15.0. The van der Waals surface area contributed by atoms with E-state index in [0.29, 0.717) is 17.2 Å². The van der Waals surface area contributed by atoms with Crippen LogP contribution in [0.15, 0.2) is 36.8 Å². The highest BCUT2D eigenvalue weighted by Crippen LogP contribution is 2.20. The molecular formula is C14H14N6O. The van der Waals surface area contributed by atoms with E-state index in [4.69, 9.17) is 5.73 Å². The predicted molar refractivity (Wildman–Crippen MR) is 79.1 cm³/mol. The molecule has 1 amide bonds. The Kier molecular flexibility index (Phi) is 3.02. The lowest BCUT2D eigenvalue weighted by Gasteiger charge is -2.07. The number of anilines is 1. The number of carbonyl (C=O) groups is 1. The van der Waals surface area contributed by atoms with Crippen LogP contribution in [0.1, 0.15) is 10.5 Å². The van der Waals surface area contributed by atoms with E-state index in [0.717, 1.165) is 10.9 Å². The Morgan fingerprint density at radius 3 is 2.81 bits per heavy atom. The molecule has 0 saturated heterocycles. The number of fused-ring (bicyclic) bond motifs is 1. The van der Waals surface area contributed by atoms with Crippen molar-refractivity contribution in [1.29, 1.82) is 0 Å². The molecule has 21 heavy (non-hydrogen) atoms. The summed E-state index contributed by atoms with van der Waals surface area (Å²) in [5.74, 6) is 0.428. The second kappa shape index (κ2) is 4.86. The number of hydrogen-bond donors (Lipinski definition) is 1. The first-order valence-electron chi connectivity index (χ1n) is 6.34. The minimum atomic E-state index is -0.161. The van der Waals surface area contributed by atoms with Crippen LogP contribution in [0.4, 0.5) is 5.69 Å². The Balaban J connectivity index is 2.13. The number of carbonyl (C=O) groups excluding carboxylic acids is 1. The molecule has 7 nitrogen and oxygen atoms in total. The molecule has 0 aliphatic carbocycles. The van der Waals surface area contributed by atoms with Gasteiger partial charge in [0, 0.05) is 31.4 Å². The predicted octanol–water partition coefficient (Wildman–Crippen LogP) is 1.10. The van der Waals surface area contributed by atoms with E-state index in [9.17, 15) is 4.79 Å². The van der Waals surface area contributed by atoms with Gasteiger partial charge in [-0.3, -0.25) is 4.79 Å². The number of aromatic nitrogens is 4. The summed E-state index contributed by atoms with van der Waals surface area (Å²) >= 11 is 0. The zero-order valence-corrected chi connectivity index (χ0v) is 11.7. The number of benzene rings is 1. The molecule has 2 aromatic heterocycles. The fraction of sp³-hybridized carbons (Fsp3) is 0.143. The Bertz CT molecular complexity index is 823. The third-order valence-corrected chi connectivity index (χ3v) is 3.07. The summed E-state index contributed by atoms with van der Waals surface area (Å²) in [5, 5.41) is 5.06. The summed E-state index contributed by atoms with van der Waals surface area (Å²) < 4.78 is 1.56. The number of amides is 1. The van der Waals surface area contributed by atoms with Crippen molar-refractivity contribution in [2.24, 2.45) is 0 Å². The third-order valence-electron chi connectivity index (χ3n) is 3.07. The molecular weight excluding hydrogens is 268 g/mol. The molecule has 0 atom stereocenters. The third kappa shape index (κ3) is 2.29. The molecule has 0 saturated carbocycles. The van der Waals surface area contributed by atoms with Gasteiger partial charge in [-0.2, -0.15) is 5.10 Å². The van der Waals surface area contributed by atoms with Crippen LogP contribution in [0.2, 0.25) is 0 Å². The van der Waals surface area contributed by atoms with Gasteiger partial charge in [0.2, 0.25) is 0 Å². The van der Waals surface area contributed by atoms with Crippen molar-refractivity contribution >= 4 is 22.5 Å². The largest absolute Gasteiger partial charge is 0.399 e. The minimum Gasteiger partial charge on any atom is -0.399 e. The monoisotopic (exact) mass is 282 g/mol. The van der Waals surface area contributed by atoms with Gasteiger partial charge in [-0.1, -0.05) is 0 Å². The van der Waals surface area contributed by atoms with Crippen molar-refractivity contribution in [3.05, 3.63) is 42.5 Å². The summed E-state index contributed by atoms with van der Waals surface area (Å²) in [7, 11) is 3.37. The fourth-order valence-electron chi connectivity index (χ4n) is 2.03. The summed E-state index contributed by atoms with van der Waals surface area (Å²) in [5.41, 5.74) is 7.56. The first-order chi connectivity index (χ1) is 10.1. The highest BCUT2D eigenvalue weighted by molar-refractivity contribution is 5.92. The maximum atomic E-state index is 11.9. The number of hydrogen-bond acceptors (Lipinski definition) is 5. The molecule has 0 fully saturated rings. The smallest absolute Gasteiger partial charge is 0.273 e. The Labute approximate surface area is 121 Å². The lowest BCUT2D eigenvalue weighted by molar-refractivity contribution is 0.0821. The van der Waals surface area contributed by atoms with Crippen LogP contribution in [0.5, 0.6) is 0 Å². The zero-order valence-electron chi connectivity index (χ0n) is 11.7. The normalized spacial score (nSPS) is 10.8. The summed E-state index contributed by atoms with van der Waals surface area (Å²) in [6.07, 6.45) is 3.16. The summed E-state index contributed by atoms with van der Waals surface area (Å²) in [4.78, 5) is 21.8. The lowest BCUT2D eigenvalue weighted by Crippen LogP contribution is -2.22. The van der Waals surface area contributed by atoms with Crippen LogP contribution < -0.4 is 5.73 Å². The molecule has 0 unspecified atom stereocenters. The van der Waals surface area contributed by atoms with Gasteiger partial charge < -0.3 is 10.6 Å². The van der Waals surface area contributed by atoms with Gasteiger partial charge in [0.1, 0.15) is 6.33 Å².